The summed E-state index contributed by atoms with van der Waals surface area (Å²) in [6.45, 7) is 34.8. The first-order chi connectivity index (χ1) is 13.5. The van der Waals surface area contributed by atoms with E-state index in [0.29, 0.717) is 0 Å². The second-order valence-corrected chi connectivity index (χ2v) is 4.73. The van der Waals surface area contributed by atoms with E-state index >= 15 is 0 Å². The Morgan fingerprint density at radius 3 is 0.714 bits per heavy atom. The zero-order chi connectivity index (χ0) is 23.9. The van der Waals surface area contributed by atoms with E-state index in [4.69, 9.17) is 0 Å². The van der Waals surface area contributed by atoms with Crippen molar-refractivity contribution in [1.82, 2.24) is 0 Å². The van der Waals surface area contributed by atoms with E-state index < -0.39 is 0 Å². The molecule has 0 unspecified atom stereocenters. The third-order valence-electron chi connectivity index (χ3n) is 2.02. The van der Waals surface area contributed by atoms with Gasteiger partial charge in [-0.3, -0.25) is 0 Å². The third kappa shape index (κ3) is 340. The SMILES string of the molecule is C/C=C/C.C/C=C/CC.C=C.C=CC.C=CCC.C=CCC.CC/C=C/CC. The Kier molecular flexibility index (Phi) is 160. The standard InChI is InChI=1S/C6H12.C5H10.3C4H8.C3H6.C2H4/c1-3-5-6-4-2;1-3-5-4-2;3*1-3-4-2;1-3-2;1-2/h5-6H,3-4H2,1-2H3;3,5H,4H2,1-2H3;3-4H,1-2H3;2*3H,1,4H2,2H3;3H,1H2,2H3;1-2H2/b6-5+;5-3+;4-3+;;;;. The van der Waals surface area contributed by atoms with Gasteiger partial charge in [0.05, 0.1) is 0 Å². The Balaban J connectivity index is -0.0000000376. The summed E-state index contributed by atoms with van der Waals surface area (Å²) in [7, 11) is 0. The molecule has 28 heavy (non-hydrogen) atoms. The minimum absolute atomic E-state index is 1.08. The van der Waals surface area contributed by atoms with Crippen molar-refractivity contribution in [3.8, 4) is 0 Å². The molecule has 168 valence electrons. The van der Waals surface area contributed by atoms with Gasteiger partial charge in [-0.15, -0.1) is 32.9 Å². The summed E-state index contributed by atoms with van der Waals surface area (Å²) in [6, 6.07) is 0. The van der Waals surface area contributed by atoms with Crippen LogP contribution in [0, 0.1) is 0 Å². The lowest BCUT2D eigenvalue weighted by Crippen LogP contribution is -1.51. The van der Waals surface area contributed by atoms with Gasteiger partial charge >= 0.3 is 0 Å². The highest BCUT2D eigenvalue weighted by molar-refractivity contribution is 4.77. The molecule has 0 nitrogen and oxygen atoms in total. The fraction of sp³-hybridized carbons (Fsp3) is 0.500. The first-order valence-corrected chi connectivity index (χ1v) is 10.6. The smallest absolute Gasteiger partial charge is 0.0379 e. The van der Waals surface area contributed by atoms with Crippen LogP contribution in [0.3, 0.4) is 0 Å². The number of rotatable bonds is 5. The van der Waals surface area contributed by atoms with Crippen LogP contribution in [0.1, 0.15) is 94.4 Å². The Morgan fingerprint density at radius 1 is 0.464 bits per heavy atom. The van der Waals surface area contributed by atoms with Crippen LogP contribution >= 0.6 is 0 Å². The highest BCUT2D eigenvalue weighted by Crippen LogP contribution is 1.81. The van der Waals surface area contributed by atoms with Gasteiger partial charge in [0.1, 0.15) is 0 Å². The van der Waals surface area contributed by atoms with E-state index in [2.05, 4.69) is 91.8 Å². The van der Waals surface area contributed by atoms with E-state index in [0.717, 1.165) is 19.3 Å². The Labute approximate surface area is 182 Å². The normalized spacial score (nSPS) is 7.75. The fourth-order valence-corrected chi connectivity index (χ4v) is 0.569. The van der Waals surface area contributed by atoms with Crippen LogP contribution in [-0.4, -0.2) is 0 Å². The second kappa shape index (κ2) is 99.2. The van der Waals surface area contributed by atoms with Crippen molar-refractivity contribution >= 4 is 0 Å². The molecule has 0 saturated carbocycles. The molecular formula is C28H56. The molecule has 0 radical (unpaired) electrons. The molecular weight excluding hydrogens is 336 g/mol. The zero-order valence-corrected chi connectivity index (χ0v) is 21.3. The van der Waals surface area contributed by atoms with Gasteiger partial charge < -0.3 is 0 Å². The molecule has 0 aliphatic rings. The van der Waals surface area contributed by atoms with E-state index in [1.54, 1.807) is 6.08 Å². The predicted octanol–water partition coefficient (Wildman–Crippen LogP) is 11.1. The van der Waals surface area contributed by atoms with Crippen molar-refractivity contribution in [2.24, 2.45) is 0 Å². The highest BCUT2D eigenvalue weighted by atomic mass is 13.7. The minimum atomic E-state index is 1.08. The number of hydrogen-bond donors (Lipinski definition) is 0. The van der Waals surface area contributed by atoms with Crippen molar-refractivity contribution in [2.75, 3.05) is 0 Å². The van der Waals surface area contributed by atoms with Crippen LogP contribution in [0.4, 0.5) is 0 Å². The lowest BCUT2D eigenvalue weighted by Gasteiger charge is -1.72. The lowest BCUT2D eigenvalue weighted by molar-refractivity contribution is 1.16. The van der Waals surface area contributed by atoms with Gasteiger partial charge in [0.15, 0.2) is 0 Å². The Bertz CT molecular complexity index is 258. The lowest BCUT2D eigenvalue weighted by atomic mass is 10.4. The topological polar surface area (TPSA) is 0 Å². The maximum absolute atomic E-state index is 3.48. The molecule has 0 heterocycles. The molecule has 0 saturated heterocycles. The molecule has 0 aromatic carbocycles. The van der Waals surface area contributed by atoms with Gasteiger partial charge in [0.25, 0.3) is 0 Å². The predicted molar refractivity (Wildman–Crippen MR) is 143 cm³/mol. The largest absolute Gasteiger partial charge is 0.106 e. The first kappa shape index (κ1) is 45.1. The molecule has 0 aromatic heterocycles. The van der Waals surface area contributed by atoms with Crippen LogP contribution < -0.4 is 0 Å². The molecule has 0 aromatic rings. The number of hydrogen-bond acceptors (Lipinski definition) is 0. The summed E-state index contributed by atoms with van der Waals surface area (Å²) in [5.74, 6) is 0. The molecule has 0 spiro atoms. The molecule has 0 atom stereocenters. The molecule has 0 fully saturated rings. The maximum atomic E-state index is 3.48. The van der Waals surface area contributed by atoms with Crippen molar-refractivity contribution in [2.45, 2.75) is 94.4 Å². The molecule has 0 heteroatoms. The average molecular weight is 393 g/mol. The molecule has 0 rings (SSSR count). The van der Waals surface area contributed by atoms with Gasteiger partial charge in [-0.1, -0.05) is 89.3 Å². The fourth-order valence-electron chi connectivity index (χ4n) is 0.569. The van der Waals surface area contributed by atoms with Crippen LogP contribution in [0.5, 0.6) is 0 Å². The summed E-state index contributed by atoms with van der Waals surface area (Å²) >= 11 is 0. The average Bonchev–Trinajstić information content (AvgIpc) is 2.75. The Hall–Kier alpha value is -1.82. The van der Waals surface area contributed by atoms with Crippen LogP contribution in [0.15, 0.2) is 87.6 Å². The van der Waals surface area contributed by atoms with Crippen molar-refractivity contribution in [1.29, 1.82) is 0 Å². The van der Waals surface area contributed by atoms with Crippen LogP contribution in [-0.2, 0) is 0 Å². The molecule has 0 aliphatic carbocycles. The quantitative estimate of drug-likeness (QED) is 0.408. The summed E-state index contributed by atoms with van der Waals surface area (Å²) in [6.07, 6.45) is 23.7. The number of allylic oxidation sites excluding steroid dienone is 9. The minimum Gasteiger partial charge on any atom is -0.106 e. The van der Waals surface area contributed by atoms with Crippen molar-refractivity contribution in [3.05, 3.63) is 87.6 Å². The van der Waals surface area contributed by atoms with Gasteiger partial charge in [-0.25, -0.2) is 0 Å². The van der Waals surface area contributed by atoms with Crippen LogP contribution in [0.25, 0.3) is 0 Å². The molecule has 0 N–H and O–H groups in total. The summed E-state index contributed by atoms with van der Waals surface area (Å²) < 4.78 is 0. The maximum Gasteiger partial charge on any atom is -0.0379 e. The summed E-state index contributed by atoms with van der Waals surface area (Å²) in [5.41, 5.74) is 0. The molecule has 0 aliphatic heterocycles. The monoisotopic (exact) mass is 392 g/mol. The zero-order valence-electron chi connectivity index (χ0n) is 21.3. The van der Waals surface area contributed by atoms with Gasteiger partial charge in [0.2, 0.25) is 0 Å². The van der Waals surface area contributed by atoms with E-state index in [1.165, 1.54) is 12.8 Å². The highest BCUT2D eigenvalue weighted by Gasteiger charge is 1.60. The Morgan fingerprint density at radius 2 is 0.679 bits per heavy atom. The summed E-state index contributed by atoms with van der Waals surface area (Å²) in [5, 5.41) is 0. The van der Waals surface area contributed by atoms with Crippen LogP contribution in [0.2, 0.25) is 0 Å². The van der Waals surface area contributed by atoms with Gasteiger partial charge in [-0.05, 0) is 59.8 Å². The third-order valence-corrected chi connectivity index (χ3v) is 2.02. The molecule has 0 amide bonds. The first-order valence-electron chi connectivity index (χ1n) is 10.6. The van der Waals surface area contributed by atoms with Gasteiger partial charge in [-0.2, -0.15) is 0 Å². The summed E-state index contributed by atoms with van der Waals surface area (Å²) in [4.78, 5) is 0. The molecule has 0 bridgehead atoms. The van der Waals surface area contributed by atoms with Gasteiger partial charge in [0, 0.05) is 0 Å². The van der Waals surface area contributed by atoms with E-state index in [-0.39, 0.29) is 0 Å². The van der Waals surface area contributed by atoms with Crippen molar-refractivity contribution in [3.63, 3.8) is 0 Å². The second-order valence-electron chi connectivity index (χ2n) is 4.73. The van der Waals surface area contributed by atoms with E-state index in [1.807, 2.05) is 52.0 Å². The van der Waals surface area contributed by atoms with Crippen molar-refractivity contribution < 1.29 is 0 Å². The van der Waals surface area contributed by atoms with E-state index in [9.17, 15) is 0 Å².